The molecule has 0 spiro atoms. The lowest BCUT2D eigenvalue weighted by Crippen LogP contribution is -2.19. The summed E-state index contributed by atoms with van der Waals surface area (Å²) in [5, 5.41) is 0. The van der Waals surface area contributed by atoms with Gasteiger partial charge in [-0.05, 0) is 39.0 Å². The minimum Gasteiger partial charge on any atom is -0.462 e. The van der Waals surface area contributed by atoms with Crippen molar-refractivity contribution in [2.24, 2.45) is 0 Å². The van der Waals surface area contributed by atoms with E-state index in [9.17, 15) is 14.4 Å². The first-order chi connectivity index (χ1) is 13.1. The van der Waals surface area contributed by atoms with Gasteiger partial charge in [0.1, 0.15) is 18.2 Å². The maximum absolute atomic E-state index is 11.9. The maximum Gasteiger partial charge on any atom is 0.306 e. The monoisotopic (exact) mass is 382 g/mol. The summed E-state index contributed by atoms with van der Waals surface area (Å²) in [6, 6.07) is 0. The van der Waals surface area contributed by atoms with E-state index in [4.69, 9.17) is 4.74 Å². The summed E-state index contributed by atoms with van der Waals surface area (Å²) < 4.78 is 5.64. The molecule has 0 aromatic heterocycles. The average Bonchev–Trinajstić information content (AvgIpc) is 2.64. The third kappa shape index (κ3) is 19.4. The van der Waals surface area contributed by atoms with Crippen molar-refractivity contribution in [2.75, 3.05) is 0 Å². The van der Waals surface area contributed by atoms with Crippen molar-refractivity contribution in [1.82, 2.24) is 0 Å². The molecule has 0 bridgehead atoms. The summed E-state index contributed by atoms with van der Waals surface area (Å²) in [6.45, 7) is 3.71. The van der Waals surface area contributed by atoms with Crippen LogP contribution in [-0.2, 0) is 19.1 Å². The quantitative estimate of drug-likeness (QED) is 0.140. The topological polar surface area (TPSA) is 60.4 Å². The zero-order chi connectivity index (χ0) is 20.2. The molecular formula is C23H42O4. The highest BCUT2D eigenvalue weighted by Gasteiger charge is 2.14. The van der Waals surface area contributed by atoms with E-state index in [-0.39, 0.29) is 30.7 Å². The first kappa shape index (κ1) is 25.8. The van der Waals surface area contributed by atoms with Crippen LogP contribution in [0.1, 0.15) is 123 Å². The summed E-state index contributed by atoms with van der Waals surface area (Å²) in [6.07, 6.45) is 18.3. The second-order valence-corrected chi connectivity index (χ2v) is 7.74. The number of ether oxygens (including phenoxy) is 1. The van der Waals surface area contributed by atoms with Gasteiger partial charge in [-0.2, -0.15) is 0 Å². The summed E-state index contributed by atoms with van der Waals surface area (Å²) >= 11 is 0. The van der Waals surface area contributed by atoms with Crippen LogP contribution in [0.25, 0.3) is 0 Å². The van der Waals surface area contributed by atoms with Gasteiger partial charge in [0.2, 0.25) is 0 Å². The molecule has 0 aliphatic rings. The first-order valence-corrected chi connectivity index (χ1v) is 11.2. The van der Waals surface area contributed by atoms with Crippen LogP contribution in [0.15, 0.2) is 0 Å². The Morgan fingerprint density at radius 1 is 0.778 bits per heavy atom. The van der Waals surface area contributed by atoms with Gasteiger partial charge in [0, 0.05) is 12.8 Å². The van der Waals surface area contributed by atoms with Crippen molar-refractivity contribution >= 4 is 18.0 Å². The molecule has 0 saturated carbocycles. The number of esters is 1. The average molecular weight is 383 g/mol. The molecule has 0 fully saturated rings. The van der Waals surface area contributed by atoms with Gasteiger partial charge in [-0.15, -0.1) is 0 Å². The van der Waals surface area contributed by atoms with E-state index in [0.29, 0.717) is 6.42 Å². The number of carbonyl (C=O) groups is 3. The van der Waals surface area contributed by atoms with E-state index in [1.165, 1.54) is 58.3 Å². The van der Waals surface area contributed by atoms with Crippen LogP contribution in [0.4, 0.5) is 0 Å². The molecular weight excluding hydrogens is 340 g/mol. The predicted molar refractivity (Wildman–Crippen MR) is 111 cm³/mol. The van der Waals surface area contributed by atoms with E-state index >= 15 is 0 Å². The van der Waals surface area contributed by atoms with Gasteiger partial charge >= 0.3 is 5.97 Å². The number of aldehydes is 1. The molecule has 27 heavy (non-hydrogen) atoms. The molecule has 1 unspecified atom stereocenters. The van der Waals surface area contributed by atoms with E-state index < -0.39 is 0 Å². The Bertz CT molecular complexity index is 379. The molecule has 0 radical (unpaired) electrons. The Kier molecular flexibility index (Phi) is 18.7. The molecule has 4 nitrogen and oxygen atoms in total. The van der Waals surface area contributed by atoms with Gasteiger partial charge in [-0.25, -0.2) is 0 Å². The Labute approximate surface area is 166 Å². The van der Waals surface area contributed by atoms with Gasteiger partial charge in [-0.3, -0.25) is 4.79 Å². The van der Waals surface area contributed by atoms with Crippen molar-refractivity contribution in [3.8, 4) is 0 Å². The number of Topliss-reactive ketones (excluding diaryl/α,β-unsaturated/α-hetero) is 1. The second-order valence-electron chi connectivity index (χ2n) is 7.74. The van der Waals surface area contributed by atoms with Crippen LogP contribution < -0.4 is 0 Å². The molecule has 0 aliphatic heterocycles. The third-order valence-electron chi connectivity index (χ3n) is 4.96. The van der Waals surface area contributed by atoms with Crippen molar-refractivity contribution in [3.63, 3.8) is 0 Å². The Hall–Kier alpha value is -1.19. The molecule has 4 heteroatoms. The van der Waals surface area contributed by atoms with Gasteiger partial charge < -0.3 is 14.3 Å². The lowest BCUT2D eigenvalue weighted by Gasteiger charge is -2.18. The fourth-order valence-corrected chi connectivity index (χ4v) is 3.24. The first-order valence-electron chi connectivity index (χ1n) is 11.2. The summed E-state index contributed by atoms with van der Waals surface area (Å²) in [4.78, 5) is 33.2. The minimum atomic E-state index is -0.221. The molecule has 0 aromatic carbocycles. The van der Waals surface area contributed by atoms with Gasteiger partial charge in [0.05, 0.1) is 6.42 Å². The maximum atomic E-state index is 11.9. The predicted octanol–water partition coefficient (Wildman–Crippen LogP) is 6.34. The van der Waals surface area contributed by atoms with E-state index in [0.717, 1.165) is 44.8 Å². The molecule has 0 aliphatic carbocycles. The van der Waals surface area contributed by atoms with Crippen LogP contribution >= 0.6 is 0 Å². The van der Waals surface area contributed by atoms with Crippen LogP contribution in [0.2, 0.25) is 0 Å². The van der Waals surface area contributed by atoms with E-state index in [2.05, 4.69) is 6.92 Å². The Balaban J connectivity index is 3.89. The lowest BCUT2D eigenvalue weighted by atomic mass is 10.0. The summed E-state index contributed by atoms with van der Waals surface area (Å²) in [5.74, 6) is -0.182. The number of ketones is 1. The third-order valence-corrected chi connectivity index (χ3v) is 4.96. The molecule has 0 saturated heterocycles. The highest BCUT2D eigenvalue weighted by Crippen LogP contribution is 2.17. The van der Waals surface area contributed by atoms with Crippen LogP contribution in [0, 0.1) is 0 Å². The standard InChI is InChI=1S/C23H42O4/c1-3-4-5-13-16-22(27-23(26)19-18-21(2)25)17-14-11-9-7-6-8-10-12-15-20-24/h20,22H,3-19H2,1-2H3. The lowest BCUT2D eigenvalue weighted by molar-refractivity contribution is -0.150. The number of carbonyl (C=O) groups excluding carboxylic acids is 3. The van der Waals surface area contributed by atoms with E-state index in [1.807, 2.05) is 0 Å². The zero-order valence-corrected chi connectivity index (χ0v) is 17.8. The summed E-state index contributed by atoms with van der Waals surface area (Å²) in [5.41, 5.74) is 0. The van der Waals surface area contributed by atoms with Crippen LogP contribution in [0.3, 0.4) is 0 Å². The molecule has 1 atom stereocenters. The SMILES string of the molecule is CCCCCCC(CCCCCCCCCCC=O)OC(=O)CCC(C)=O. The van der Waals surface area contributed by atoms with Gasteiger partial charge in [0.25, 0.3) is 0 Å². The fraction of sp³-hybridized carbons (Fsp3) is 0.870. The fourth-order valence-electron chi connectivity index (χ4n) is 3.24. The van der Waals surface area contributed by atoms with Crippen LogP contribution in [0.5, 0.6) is 0 Å². The van der Waals surface area contributed by atoms with Crippen molar-refractivity contribution in [1.29, 1.82) is 0 Å². The molecule has 158 valence electrons. The summed E-state index contributed by atoms with van der Waals surface area (Å²) in [7, 11) is 0. The van der Waals surface area contributed by atoms with Gasteiger partial charge in [0.15, 0.2) is 0 Å². The molecule has 0 heterocycles. The van der Waals surface area contributed by atoms with Crippen molar-refractivity contribution in [2.45, 2.75) is 129 Å². The molecule has 0 aromatic rings. The molecule has 0 N–H and O–H groups in total. The zero-order valence-electron chi connectivity index (χ0n) is 17.8. The molecule has 0 amide bonds. The molecule has 0 rings (SSSR count). The van der Waals surface area contributed by atoms with Crippen molar-refractivity contribution < 1.29 is 19.1 Å². The van der Waals surface area contributed by atoms with Gasteiger partial charge in [-0.1, -0.05) is 64.7 Å². The largest absolute Gasteiger partial charge is 0.462 e. The van der Waals surface area contributed by atoms with Crippen molar-refractivity contribution in [3.05, 3.63) is 0 Å². The minimum absolute atomic E-state index is 0.0182. The number of hydrogen-bond donors (Lipinski definition) is 0. The normalized spacial score (nSPS) is 11.9. The number of unbranched alkanes of at least 4 members (excludes halogenated alkanes) is 11. The number of rotatable bonds is 20. The smallest absolute Gasteiger partial charge is 0.306 e. The highest BCUT2D eigenvalue weighted by atomic mass is 16.5. The van der Waals surface area contributed by atoms with E-state index in [1.54, 1.807) is 0 Å². The second kappa shape index (κ2) is 19.6. The highest BCUT2D eigenvalue weighted by molar-refractivity contribution is 5.81. The Morgan fingerprint density at radius 3 is 1.81 bits per heavy atom. The Morgan fingerprint density at radius 2 is 1.30 bits per heavy atom. The number of hydrogen-bond acceptors (Lipinski definition) is 4. The van der Waals surface area contributed by atoms with Crippen LogP contribution in [-0.4, -0.2) is 24.1 Å².